The minimum absolute atomic E-state index is 0.204. The van der Waals surface area contributed by atoms with Crippen molar-refractivity contribution in [3.05, 3.63) is 82.8 Å². The van der Waals surface area contributed by atoms with Gasteiger partial charge >= 0.3 is 0 Å². The zero-order valence-corrected chi connectivity index (χ0v) is 16.5. The summed E-state index contributed by atoms with van der Waals surface area (Å²) in [4.78, 5) is 22.1. The monoisotopic (exact) mass is 388 g/mol. The van der Waals surface area contributed by atoms with Crippen molar-refractivity contribution in [2.24, 2.45) is 0 Å². The van der Waals surface area contributed by atoms with Crippen LogP contribution in [0.4, 0.5) is 5.95 Å². The number of rotatable bonds is 7. The van der Waals surface area contributed by atoms with Gasteiger partial charge in [-0.2, -0.15) is 10.1 Å². The predicted molar refractivity (Wildman–Crippen MR) is 115 cm³/mol. The number of hydrogen-bond acceptors (Lipinski definition) is 5. The normalized spacial score (nSPS) is 12.4. The molecule has 0 bridgehead atoms. The molecular weight excluding hydrogens is 364 g/mol. The summed E-state index contributed by atoms with van der Waals surface area (Å²) in [5.41, 5.74) is 2.46. The lowest BCUT2D eigenvalue weighted by Gasteiger charge is -2.25. The Morgan fingerprint density at radius 2 is 1.79 bits per heavy atom. The van der Waals surface area contributed by atoms with Crippen LogP contribution in [0, 0.1) is 0 Å². The number of aromatic amines is 1. The van der Waals surface area contributed by atoms with Gasteiger partial charge in [0.25, 0.3) is 5.56 Å². The van der Waals surface area contributed by atoms with Crippen LogP contribution >= 0.6 is 0 Å². The van der Waals surface area contributed by atoms with Crippen LogP contribution in [0.25, 0.3) is 16.7 Å². The summed E-state index contributed by atoms with van der Waals surface area (Å²) in [6.07, 6.45) is 1.55. The average Bonchev–Trinajstić information content (AvgIpc) is 3.18. The van der Waals surface area contributed by atoms with Crippen LogP contribution in [0.5, 0.6) is 0 Å². The van der Waals surface area contributed by atoms with Crippen molar-refractivity contribution in [2.75, 3.05) is 18.9 Å². The first-order valence-electron chi connectivity index (χ1n) is 9.63. The van der Waals surface area contributed by atoms with Crippen LogP contribution in [0.1, 0.15) is 12.5 Å². The molecule has 1 atom stereocenters. The lowest BCUT2D eigenvalue weighted by atomic mass is 10.2. The number of para-hydroxylation sites is 1. The van der Waals surface area contributed by atoms with Crippen LogP contribution in [0.2, 0.25) is 0 Å². The Labute approximate surface area is 169 Å². The molecule has 0 amide bonds. The number of benzene rings is 2. The first-order valence-corrected chi connectivity index (χ1v) is 9.63. The van der Waals surface area contributed by atoms with E-state index in [1.165, 1.54) is 5.56 Å². The molecule has 0 fully saturated rings. The van der Waals surface area contributed by atoms with Gasteiger partial charge in [0.2, 0.25) is 5.95 Å². The highest BCUT2D eigenvalue weighted by Gasteiger charge is 2.13. The zero-order valence-electron chi connectivity index (χ0n) is 16.5. The maximum Gasteiger partial charge on any atom is 0.263 e. The van der Waals surface area contributed by atoms with Gasteiger partial charge in [-0.1, -0.05) is 48.5 Å². The lowest BCUT2D eigenvalue weighted by Crippen LogP contribution is -2.35. The summed E-state index contributed by atoms with van der Waals surface area (Å²) in [5.74, 6) is 0.445. The largest absolute Gasteiger partial charge is 0.354 e. The van der Waals surface area contributed by atoms with Gasteiger partial charge in [0.1, 0.15) is 5.39 Å². The minimum atomic E-state index is -0.204. The summed E-state index contributed by atoms with van der Waals surface area (Å²) in [6, 6.07) is 20.3. The van der Waals surface area contributed by atoms with Gasteiger partial charge in [-0.05, 0) is 31.7 Å². The van der Waals surface area contributed by atoms with Gasteiger partial charge in [0, 0.05) is 19.1 Å². The Morgan fingerprint density at radius 1 is 1.10 bits per heavy atom. The van der Waals surface area contributed by atoms with Gasteiger partial charge in [0.15, 0.2) is 5.65 Å². The third kappa shape index (κ3) is 4.20. The molecule has 2 aromatic carbocycles. The number of hydrogen-bond donors (Lipinski definition) is 2. The van der Waals surface area contributed by atoms with E-state index in [1.54, 1.807) is 10.9 Å². The summed E-state index contributed by atoms with van der Waals surface area (Å²) in [6.45, 7) is 3.64. The molecule has 0 aliphatic carbocycles. The predicted octanol–water partition coefficient (Wildman–Crippen LogP) is 3.04. The van der Waals surface area contributed by atoms with Crippen molar-refractivity contribution in [3.63, 3.8) is 0 Å². The second-order valence-electron chi connectivity index (χ2n) is 7.17. The second kappa shape index (κ2) is 8.28. The van der Waals surface area contributed by atoms with E-state index in [1.807, 2.05) is 48.5 Å². The molecule has 2 aromatic heterocycles. The van der Waals surface area contributed by atoms with Crippen molar-refractivity contribution in [2.45, 2.75) is 19.5 Å². The molecule has 4 rings (SSSR count). The number of nitrogens with one attached hydrogen (secondary N) is 2. The number of aromatic nitrogens is 4. The van der Waals surface area contributed by atoms with Crippen LogP contribution in [-0.4, -0.2) is 44.3 Å². The molecule has 0 radical (unpaired) electrons. The fourth-order valence-corrected chi connectivity index (χ4v) is 3.19. The standard InChI is InChI=1S/C22H24N6O/c1-16(27(2)15-17-9-5-3-6-10-17)13-23-22-25-20-19(21(29)26-22)14-24-28(20)18-11-7-4-8-12-18/h3-12,14,16H,13,15H2,1-2H3,(H2,23,25,26,29). The highest BCUT2D eigenvalue weighted by molar-refractivity contribution is 5.76. The highest BCUT2D eigenvalue weighted by Crippen LogP contribution is 2.14. The quantitative estimate of drug-likeness (QED) is 0.509. The fourth-order valence-electron chi connectivity index (χ4n) is 3.19. The third-order valence-corrected chi connectivity index (χ3v) is 5.03. The topological polar surface area (TPSA) is 78.8 Å². The molecule has 0 aliphatic rings. The summed E-state index contributed by atoms with van der Waals surface area (Å²) < 4.78 is 1.68. The van der Waals surface area contributed by atoms with E-state index in [-0.39, 0.29) is 11.6 Å². The molecule has 0 saturated carbocycles. The number of likely N-dealkylation sites (N-methyl/N-ethyl adjacent to an activating group) is 1. The number of fused-ring (bicyclic) bond motifs is 1. The molecule has 4 aromatic rings. The Balaban J connectivity index is 1.50. The maximum atomic E-state index is 12.5. The van der Waals surface area contributed by atoms with E-state index in [4.69, 9.17) is 0 Å². The fraction of sp³-hybridized carbons (Fsp3) is 0.227. The molecular formula is C22H24N6O. The summed E-state index contributed by atoms with van der Waals surface area (Å²) >= 11 is 0. The molecule has 2 N–H and O–H groups in total. The van der Waals surface area contributed by atoms with Gasteiger partial charge in [-0.3, -0.25) is 14.7 Å². The van der Waals surface area contributed by atoms with Gasteiger partial charge in [0.05, 0.1) is 11.9 Å². The lowest BCUT2D eigenvalue weighted by molar-refractivity contribution is 0.259. The Bertz CT molecular complexity index is 1140. The van der Waals surface area contributed by atoms with Crippen molar-refractivity contribution in [1.29, 1.82) is 0 Å². The first-order chi connectivity index (χ1) is 14.1. The van der Waals surface area contributed by atoms with Crippen molar-refractivity contribution in [3.8, 4) is 5.69 Å². The van der Waals surface area contributed by atoms with E-state index in [9.17, 15) is 4.79 Å². The second-order valence-corrected chi connectivity index (χ2v) is 7.17. The number of H-pyrrole nitrogens is 1. The van der Waals surface area contributed by atoms with E-state index in [2.05, 4.69) is 51.4 Å². The molecule has 0 spiro atoms. The Kier molecular flexibility index (Phi) is 5.39. The van der Waals surface area contributed by atoms with Crippen molar-refractivity contribution >= 4 is 17.0 Å². The molecule has 148 valence electrons. The van der Waals surface area contributed by atoms with Crippen molar-refractivity contribution < 1.29 is 0 Å². The molecule has 7 heteroatoms. The molecule has 2 heterocycles. The van der Waals surface area contributed by atoms with Crippen LogP contribution in [-0.2, 0) is 6.54 Å². The molecule has 0 saturated heterocycles. The van der Waals surface area contributed by atoms with Gasteiger partial charge in [-0.15, -0.1) is 0 Å². The average molecular weight is 388 g/mol. The van der Waals surface area contributed by atoms with E-state index in [0.717, 1.165) is 12.2 Å². The summed E-state index contributed by atoms with van der Waals surface area (Å²) in [5, 5.41) is 8.07. The molecule has 0 aliphatic heterocycles. The Morgan fingerprint density at radius 3 is 2.52 bits per heavy atom. The smallest absolute Gasteiger partial charge is 0.263 e. The third-order valence-electron chi connectivity index (χ3n) is 5.03. The minimum Gasteiger partial charge on any atom is -0.354 e. The molecule has 7 nitrogen and oxygen atoms in total. The van der Waals surface area contributed by atoms with Crippen LogP contribution in [0.3, 0.4) is 0 Å². The van der Waals surface area contributed by atoms with Crippen molar-refractivity contribution in [1.82, 2.24) is 24.6 Å². The highest BCUT2D eigenvalue weighted by atomic mass is 16.1. The van der Waals surface area contributed by atoms with Crippen LogP contribution < -0.4 is 10.9 Å². The number of anilines is 1. The first kappa shape index (κ1) is 18.9. The molecule has 29 heavy (non-hydrogen) atoms. The van der Waals surface area contributed by atoms with Crippen LogP contribution in [0.15, 0.2) is 71.7 Å². The van der Waals surface area contributed by atoms with E-state index >= 15 is 0 Å². The zero-order chi connectivity index (χ0) is 20.2. The van der Waals surface area contributed by atoms with Gasteiger partial charge in [-0.25, -0.2) is 4.68 Å². The Hall–Kier alpha value is -3.45. The van der Waals surface area contributed by atoms with Gasteiger partial charge < -0.3 is 5.32 Å². The SMILES string of the molecule is CC(CNc1nc2c(cnn2-c2ccccc2)c(=O)[nH]1)N(C)Cc1ccccc1. The molecule has 1 unspecified atom stereocenters. The van der Waals surface area contributed by atoms with E-state index < -0.39 is 0 Å². The maximum absolute atomic E-state index is 12.5. The number of nitrogens with zero attached hydrogens (tertiary/aromatic N) is 4. The van der Waals surface area contributed by atoms with E-state index in [0.29, 0.717) is 23.5 Å². The summed E-state index contributed by atoms with van der Waals surface area (Å²) in [7, 11) is 2.09.